The molecule has 0 aromatic carbocycles. The molecule has 1 saturated carbocycles. The Morgan fingerprint density at radius 2 is 1.91 bits per heavy atom. The van der Waals surface area contributed by atoms with E-state index >= 15 is 0 Å². The minimum atomic E-state index is -3.68. The molecule has 2 fully saturated rings. The fourth-order valence-corrected chi connectivity index (χ4v) is 5.29. The van der Waals surface area contributed by atoms with Gasteiger partial charge in [0.1, 0.15) is 4.90 Å². The molecule has 1 atom stereocenters. The molecule has 2 aliphatic rings. The van der Waals surface area contributed by atoms with Crippen LogP contribution in [0.25, 0.3) is 0 Å². The lowest BCUT2D eigenvalue weighted by Gasteiger charge is -2.33. The summed E-state index contributed by atoms with van der Waals surface area (Å²) in [5.74, 6) is -0.959. The summed E-state index contributed by atoms with van der Waals surface area (Å²) >= 11 is 0. The van der Waals surface area contributed by atoms with Crippen LogP contribution in [0.15, 0.2) is 17.3 Å². The van der Waals surface area contributed by atoms with Crippen LogP contribution < -0.4 is 0 Å². The summed E-state index contributed by atoms with van der Waals surface area (Å²) in [4.78, 5) is 11.2. The molecule has 1 aromatic rings. The van der Waals surface area contributed by atoms with Gasteiger partial charge in [-0.05, 0) is 25.7 Å². The molecule has 1 saturated heterocycles. The highest BCUT2D eigenvalue weighted by Crippen LogP contribution is 2.31. The van der Waals surface area contributed by atoms with Gasteiger partial charge in [-0.1, -0.05) is 19.3 Å². The van der Waals surface area contributed by atoms with E-state index in [0.717, 1.165) is 38.5 Å². The zero-order valence-corrected chi connectivity index (χ0v) is 13.9. The highest BCUT2D eigenvalue weighted by atomic mass is 32.2. The molecule has 2 heterocycles. The molecular formula is C15H23N3O4S. The molecule has 1 aromatic heterocycles. The van der Waals surface area contributed by atoms with Gasteiger partial charge in [-0.15, -0.1) is 0 Å². The maximum absolute atomic E-state index is 12.9. The van der Waals surface area contributed by atoms with Gasteiger partial charge in [0.25, 0.3) is 0 Å². The van der Waals surface area contributed by atoms with Crippen LogP contribution in [0.2, 0.25) is 0 Å². The second-order valence-electron chi connectivity index (χ2n) is 6.46. The van der Waals surface area contributed by atoms with Crippen LogP contribution >= 0.6 is 0 Å². The Kier molecular flexibility index (Phi) is 4.72. The van der Waals surface area contributed by atoms with Crippen molar-refractivity contribution in [2.75, 3.05) is 6.54 Å². The van der Waals surface area contributed by atoms with Gasteiger partial charge < -0.3 is 5.11 Å². The Labute approximate surface area is 136 Å². The van der Waals surface area contributed by atoms with E-state index in [-0.39, 0.29) is 17.4 Å². The Bertz CT molecular complexity index is 664. The second-order valence-corrected chi connectivity index (χ2v) is 8.35. The zero-order chi connectivity index (χ0) is 16.4. The predicted octanol–water partition coefficient (Wildman–Crippen LogP) is 2.02. The smallest absolute Gasteiger partial charge is 0.304 e. The summed E-state index contributed by atoms with van der Waals surface area (Å²) < 4.78 is 28.9. The third-order valence-electron chi connectivity index (χ3n) is 4.87. The molecule has 128 valence electrons. The number of aliphatic carboxylic acids is 1. The van der Waals surface area contributed by atoms with Crippen molar-refractivity contribution in [3.63, 3.8) is 0 Å². The zero-order valence-electron chi connectivity index (χ0n) is 13.1. The van der Waals surface area contributed by atoms with Crippen molar-refractivity contribution in [2.24, 2.45) is 0 Å². The average Bonchev–Trinajstić information content (AvgIpc) is 3.18. The Hall–Kier alpha value is -1.41. The molecule has 8 heteroatoms. The van der Waals surface area contributed by atoms with Crippen molar-refractivity contribution >= 4 is 16.0 Å². The number of piperidine rings is 1. The number of sulfonamides is 1. The fraction of sp³-hybridized carbons (Fsp3) is 0.733. The van der Waals surface area contributed by atoms with E-state index in [1.807, 2.05) is 0 Å². The predicted molar refractivity (Wildman–Crippen MR) is 83.5 cm³/mol. The Morgan fingerprint density at radius 3 is 2.61 bits per heavy atom. The van der Waals surface area contributed by atoms with Gasteiger partial charge in [-0.25, -0.2) is 8.42 Å². The summed E-state index contributed by atoms with van der Waals surface area (Å²) in [7, 11) is -3.68. The first-order valence-electron chi connectivity index (χ1n) is 8.26. The molecule has 7 nitrogen and oxygen atoms in total. The largest absolute Gasteiger partial charge is 0.481 e. The van der Waals surface area contributed by atoms with E-state index in [4.69, 9.17) is 5.11 Å². The van der Waals surface area contributed by atoms with Crippen LogP contribution in [0, 0.1) is 0 Å². The first-order chi connectivity index (χ1) is 11.0. The third-order valence-corrected chi connectivity index (χ3v) is 6.77. The minimum Gasteiger partial charge on any atom is -0.481 e. The van der Waals surface area contributed by atoms with Crippen molar-refractivity contribution < 1.29 is 18.3 Å². The van der Waals surface area contributed by atoms with Crippen molar-refractivity contribution in [1.82, 2.24) is 14.1 Å². The van der Waals surface area contributed by atoms with Crippen molar-refractivity contribution in [3.05, 3.63) is 12.4 Å². The van der Waals surface area contributed by atoms with Crippen molar-refractivity contribution in [2.45, 2.75) is 68.3 Å². The molecule has 23 heavy (non-hydrogen) atoms. The number of carboxylic acids is 1. The van der Waals surface area contributed by atoms with Gasteiger partial charge in [0, 0.05) is 18.8 Å². The van der Waals surface area contributed by atoms with Crippen LogP contribution in [-0.2, 0) is 14.8 Å². The standard InChI is InChI=1S/C15H23N3O4S/c19-15(20)9-13-7-3-4-8-18(13)23(21,22)14-10-16-17(11-14)12-5-1-2-6-12/h10-13H,1-9H2,(H,19,20). The topological polar surface area (TPSA) is 92.5 Å². The van der Waals surface area contributed by atoms with Gasteiger partial charge in [0.2, 0.25) is 10.0 Å². The van der Waals surface area contributed by atoms with Crippen LogP contribution in [0.1, 0.15) is 57.4 Å². The maximum atomic E-state index is 12.9. The minimum absolute atomic E-state index is 0.143. The molecule has 1 unspecified atom stereocenters. The summed E-state index contributed by atoms with van der Waals surface area (Å²) in [5, 5.41) is 13.3. The van der Waals surface area contributed by atoms with Crippen LogP contribution in [-0.4, -0.2) is 46.2 Å². The molecule has 0 radical (unpaired) electrons. The number of carbonyl (C=O) groups is 1. The Morgan fingerprint density at radius 1 is 1.22 bits per heavy atom. The molecule has 0 bridgehead atoms. The summed E-state index contributed by atoms with van der Waals surface area (Å²) in [6.07, 6.45) is 9.48. The quantitative estimate of drug-likeness (QED) is 0.884. The van der Waals surface area contributed by atoms with Gasteiger partial charge >= 0.3 is 5.97 Å². The lowest BCUT2D eigenvalue weighted by Crippen LogP contribution is -2.44. The van der Waals surface area contributed by atoms with Crippen molar-refractivity contribution in [1.29, 1.82) is 0 Å². The van der Waals surface area contributed by atoms with E-state index in [1.54, 1.807) is 10.9 Å². The van der Waals surface area contributed by atoms with E-state index < -0.39 is 22.0 Å². The Balaban J connectivity index is 1.82. The van der Waals surface area contributed by atoms with Gasteiger partial charge in [-0.3, -0.25) is 9.48 Å². The second kappa shape index (κ2) is 6.60. The van der Waals surface area contributed by atoms with E-state index in [0.29, 0.717) is 13.0 Å². The molecule has 1 aliphatic heterocycles. The first-order valence-corrected chi connectivity index (χ1v) is 9.70. The highest BCUT2D eigenvalue weighted by Gasteiger charge is 2.35. The normalized spacial score (nSPS) is 24.1. The van der Waals surface area contributed by atoms with E-state index in [2.05, 4.69) is 5.10 Å². The van der Waals surface area contributed by atoms with Gasteiger partial charge in [0.15, 0.2) is 0 Å². The molecular weight excluding hydrogens is 318 g/mol. The fourth-order valence-electron chi connectivity index (χ4n) is 3.65. The number of rotatable bonds is 5. The van der Waals surface area contributed by atoms with E-state index in [1.165, 1.54) is 10.5 Å². The third kappa shape index (κ3) is 3.42. The molecule has 0 amide bonds. The summed E-state index contributed by atoms with van der Waals surface area (Å²) in [6, 6.07) is -0.170. The molecule has 1 aliphatic carbocycles. The SMILES string of the molecule is O=C(O)CC1CCCCN1S(=O)(=O)c1cnn(C2CCCC2)c1. The average molecular weight is 341 g/mol. The number of carboxylic acid groups (broad SMARTS) is 1. The van der Waals surface area contributed by atoms with Crippen LogP contribution in [0.3, 0.4) is 0 Å². The highest BCUT2D eigenvalue weighted by molar-refractivity contribution is 7.89. The lowest BCUT2D eigenvalue weighted by atomic mass is 10.0. The molecule has 1 N–H and O–H groups in total. The maximum Gasteiger partial charge on any atom is 0.304 e. The number of aromatic nitrogens is 2. The molecule has 3 rings (SSSR count). The molecule has 0 spiro atoms. The van der Waals surface area contributed by atoms with Crippen LogP contribution in [0.4, 0.5) is 0 Å². The van der Waals surface area contributed by atoms with Gasteiger partial charge in [0.05, 0.1) is 18.7 Å². The summed E-state index contributed by atoms with van der Waals surface area (Å²) in [6.45, 7) is 0.384. The number of hydrogen-bond acceptors (Lipinski definition) is 4. The summed E-state index contributed by atoms with van der Waals surface area (Å²) in [5.41, 5.74) is 0. The van der Waals surface area contributed by atoms with Gasteiger partial charge in [-0.2, -0.15) is 9.40 Å². The lowest BCUT2D eigenvalue weighted by molar-refractivity contribution is -0.138. The number of hydrogen-bond donors (Lipinski definition) is 1. The number of nitrogens with zero attached hydrogens (tertiary/aromatic N) is 3. The van der Waals surface area contributed by atoms with E-state index in [9.17, 15) is 13.2 Å². The van der Waals surface area contributed by atoms with Crippen molar-refractivity contribution in [3.8, 4) is 0 Å². The first kappa shape index (κ1) is 16.4. The monoisotopic (exact) mass is 341 g/mol. The van der Waals surface area contributed by atoms with Crippen LogP contribution in [0.5, 0.6) is 0 Å².